The van der Waals surface area contributed by atoms with Gasteiger partial charge >= 0.3 is 0 Å². The fraction of sp³-hybridized carbons (Fsp3) is 0.267. The Balaban J connectivity index is 2.01. The molecule has 2 aromatic heterocycles. The number of hydrogen-bond acceptors (Lipinski definition) is 5. The van der Waals surface area contributed by atoms with E-state index in [1.54, 1.807) is 22.8 Å². The highest BCUT2D eigenvalue weighted by atomic mass is 32.2. The molecule has 0 saturated carbocycles. The lowest BCUT2D eigenvalue weighted by molar-refractivity contribution is 0.856. The number of nitrogens with zero attached hydrogens (tertiary/aromatic N) is 4. The maximum Gasteiger partial charge on any atom is 0.144 e. The van der Waals surface area contributed by atoms with Gasteiger partial charge in [-0.1, -0.05) is 29.8 Å². The molecule has 0 amide bonds. The summed E-state index contributed by atoms with van der Waals surface area (Å²) < 4.78 is 1.77. The first kappa shape index (κ1) is 15.2. The number of H-pyrrole nitrogens is 1. The molecule has 0 fully saturated rings. The zero-order valence-electron chi connectivity index (χ0n) is 12.2. The third-order valence-corrected chi connectivity index (χ3v) is 4.61. The monoisotopic (exact) mass is 331 g/mol. The Bertz CT molecular complexity index is 719. The molecule has 1 aromatic carbocycles. The summed E-state index contributed by atoms with van der Waals surface area (Å²) in [6.45, 7) is 2.08. The average molecular weight is 331 g/mol. The molecule has 1 N–H and O–H groups in total. The van der Waals surface area contributed by atoms with Gasteiger partial charge in [0.25, 0.3) is 0 Å². The van der Waals surface area contributed by atoms with Crippen molar-refractivity contribution in [1.29, 1.82) is 0 Å². The van der Waals surface area contributed by atoms with E-state index in [-0.39, 0.29) is 0 Å². The Hall–Kier alpha value is -1.73. The number of aryl methyl sites for hydroxylation is 1. The van der Waals surface area contributed by atoms with Gasteiger partial charge in [0.05, 0.1) is 5.69 Å². The number of thiol groups is 1. The highest BCUT2D eigenvalue weighted by Crippen LogP contribution is 2.32. The Morgan fingerprint density at radius 3 is 2.77 bits per heavy atom. The van der Waals surface area contributed by atoms with Crippen LogP contribution in [0, 0.1) is 6.92 Å². The van der Waals surface area contributed by atoms with Gasteiger partial charge in [0.1, 0.15) is 23.4 Å². The van der Waals surface area contributed by atoms with Crippen molar-refractivity contribution in [2.75, 3.05) is 11.5 Å². The van der Waals surface area contributed by atoms with E-state index in [2.05, 4.69) is 64.1 Å². The molecule has 0 aliphatic rings. The molecule has 5 nitrogen and oxygen atoms in total. The Morgan fingerprint density at radius 1 is 1.27 bits per heavy atom. The predicted octanol–water partition coefficient (Wildman–Crippen LogP) is 3.38. The summed E-state index contributed by atoms with van der Waals surface area (Å²) in [5, 5.41) is 12.8. The summed E-state index contributed by atoms with van der Waals surface area (Å²) in [4.78, 5) is 4.05. The van der Waals surface area contributed by atoms with E-state index in [0.29, 0.717) is 0 Å². The van der Waals surface area contributed by atoms with E-state index >= 15 is 0 Å². The van der Waals surface area contributed by atoms with E-state index < -0.39 is 0 Å². The Morgan fingerprint density at radius 2 is 2.09 bits per heavy atom. The van der Waals surface area contributed by atoms with Gasteiger partial charge in [-0.05, 0) is 19.1 Å². The van der Waals surface area contributed by atoms with Crippen molar-refractivity contribution >= 4 is 24.4 Å². The molecule has 2 heterocycles. The van der Waals surface area contributed by atoms with Crippen molar-refractivity contribution in [3.05, 3.63) is 42.5 Å². The zero-order chi connectivity index (χ0) is 15.4. The lowest BCUT2D eigenvalue weighted by Gasteiger charge is -2.06. The second-order valence-corrected chi connectivity index (χ2v) is 6.41. The maximum atomic E-state index is 4.47. The first-order valence-corrected chi connectivity index (χ1v) is 8.65. The predicted molar refractivity (Wildman–Crippen MR) is 92.9 cm³/mol. The topological polar surface area (TPSA) is 59.4 Å². The number of aromatic amines is 1. The van der Waals surface area contributed by atoms with Gasteiger partial charge in [-0.25, -0.2) is 9.67 Å². The molecular weight excluding hydrogens is 314 g/mol. The standard InChI is InChI=1S/C15H17N5S2/c1-11-3-5-12(6-4-11)13-14(20-10-16-9-17-20)15(19-18-13)22-8-2-7-21/h3-6,9-10,21H,2,7-8H2,1H3,(H,18,19). The van der Waals surface area contributed by atoms with Gasteiger partial charge in [0.2, 0.25) is 0 Å². The van der Waals surface area contributed by atoms with Crippen molar-refractivity contribution in [1.82, 2.24) is 25.0 Å². The van der Waals surface area contributed by atoms with Crippen LogP contribution in [0.1, 0.15) is 12.0 Å². The van der Waals surface area contributed by atoms with Crippen LogP contribution in [0.4, 0.5) is 0 Å². The van der Waals surface area contributed by atoms with E-state index in [1.165, 1.54) is 11.9 Å². The van der Waals surface area contributed by atoms with Crippen LogP contribution in [-0.2, 0) is 0 Å². The fourth-order valence-corrected chi connectivity index (χ4v) is 3.41. The normalized spacial score (nSPS) is 11.0. The molecule has 3 aromatic rings. The van der Waals surface area contributed by atoms with Gasteiger partial charge in [0.15, 0.2) is 0 Å². The van der Waals surface area contributed by atoms with E-state index in [0.717, 1.165) is 39.9 Å². The molecular formula is C15H17N5S2. The van der Waals surface area contributed by atoms with Crippen molar-refractivity contribution in [3.8, 4) is 16.9 Å². The lowest BCUT2D eigenvalue weighted by Crippen LogP contribution is -1.97. The summed E-state index contributed by atoms with van der Waals surface area (Å²) in [7, 11) is 0. The van der Waals surface area contributed by atoms with Crippen molar-refractivity contribution in [2.24, 2.45) is 0 Å². The average Bonchev–Trinajstić information content (AvgIpc) is 3.17. The summed E-state index contributed by atoms with van der Waals surface area (Å²) in [5.74, 6) is 1.85. The molecule has 0 bridgehead atoms. The Labute approximate surface area is 139 Å². The minimum absolute atomic E-state index is 0.876. The summed E-state index contributed by atoms with van der Waals surface area (Å²) >= 11 is 5.96. The maximum absolute atomic E-state index is 4.47. The van der Waals surface area contributed by atoms with Crippen LogP contribution in [-0.4, -0.2) is 36.5 Å². The number of rotatable bonds is 6. The third kappa shape index (κ3) is 3.20. The van der Waals surface area contributed by atoms with Crippen LogP contribution in [0.15, 0.2) is 41.9 Å². The van der Waals surface area contributed by atoms with Crippen LogP contribution in [0.3, 0.4) is 0 Å². The largest absolute Gasteiger partial charge is 0.274 e. The third-order valence-electron chi connectivity index (χ3n) is 3.24. The highest BCUT2D eigenvalue weighted by molar-refractivity contribution is 7.99. The van der Waals surface area contributed by atoms with Crippen LogP contribution in [0.2, 0.25) is 0 Å². The van der Waals surface area contributed by atoms with Crippen LogP contribution in [0.5, 0.6) is 0 Å². The van der Waals surface area contributed by atoms with Crippen molar-refractivity contribution < 1.29 is 0 Å². The second kappa shape index (κ2) is 7.02. The zero-order valence-corrected chi connectivity index (χ0v) is 13.9. The molecule has 22 heavy (non-hydrogen) atoms. The number of hydrogen-bond donors (Lipinski definition) is 2. The van der Waals surface area contributed by atoms with Gasteiger partial charge in [-0.3, -0.25) is 5.10 Å². The second-order valence-electron chi connectivity index (χ2n) is 4.88. The molecule has 0 saturated heterocycles. The van der Waals surface area contributed by atoms with Gasteiger partial charge in [-0.15, -0.1) is 11.8 Å². The van der Waals surface area contributed by atoms with Crippen LogP contribution in [0.25, 0.3) is 16.9 Å². The van der Waals surface area contributed by atoms with E-state index in [9.17, 15) is 0 Å². The minimum atomic E-state index is 0.876. The van der Waals surface area contributed by atoms with Gasteiger partial charge in [0, 0.05) is 11.3 Å². The molecule has 0 unspecified atom stereocenters. The summed E-state index contributed by atoms with van der Waals surface area (Å²) in [6, 6.07) is 8.36. The first-order valence-electron chi connectivity index (χ1n) is 7.03. The quantitative estimate of drug-likeness (QED) is 0.413. The SMILES string of the molecule is Cc1ccc(-c2[nH]nc(SCCCS)c2-n2cncn2)cc1. The summed E-state index contributed by atoms with van der Waals surface area (Å²) in [5.41, 5.74) is 4.22. The lowest BCUT2D eigenvalue weighted by atomic mass is 10.1. The van der Waals surface area contributed by atoms with Gasteiger partial charge < -0.3 is 0 Å². The molecule has 0 radical (unpaired) electrons. The molecule has 7 heteroatoms. The van der Waals surface area contributed by atoms with Crippen LogP contribution < -0.4 is 0 Å². The Kier molecular flexibility index (Phi) is 4.84. The summed E-state index contributed by atoms with van der Waals surface area (Å²) in [6.07, 6.45) is 4.27. The van der Waals surface area contributed by atoms with E-state index in [1.807, 2.05) is 0 Å². The number of aromatic nitrogens is 5. The van der Waals surface area contributed by atoms with Crippen LogP contribution >= 0.6 is 24.4 Å². The first-order chi connectivity index (χ1) is 10.8. The molecule has 0 aliphatic carbocycles. The van der Waals surface area contributed by atoms with Crippen molar-refractivity contribution in [3.63, 3.8) is 0 Å². The smallest absolute Gasteiger partial charge is 0.144 e. The molecule has 3 rings (SSSR count). The highest BCUT2D eigenvalue weighted by Gasteiger charge is 2.17. The minimum Gasteiger partial charge on any atom is -0.274 e. The number of nitrogens with one attached hydrogen (secondary N) is 1. The molecule has 0 atom stereocenters. The fourth-order valence-electron chi connectivity index (χ4n) is 2.11. The molecule has 0 spiro atoms. The number of benzene rings is 1. The van der Waals surface area contributed by atoms with E-state index in [4.69, 9.17) is 0 Å². The molecule has 0 aliphatic heterocycles. The molecule has 114 valence electrons. The number of thioether (sulfide) groups is 1. The van der Waals surface area contributed by atoms with Crippen molar-refractivity contribution in [2.45, 2.75) is 18.4 Å². The van der Waals surface area contributed by atoms with Gasteiger partial charge in [-0.2, -0.15) is 22.8 Å².